The fourth-order valence-electron chi connectivity index (χ4n) is 3.80. The van der Waals surface area contributed by atoms with Crippen molar-refractivity contribution < 1.29 is 9.90 Å². The number of aliphatic hydroxyl groups is 1. The molecule has 2 heteroatoms. The van der Waals surface area contributed by atoms with Crippen LogP contribution in [0, 0.1) is 0 Å². The first-order valence-corrected chi connectivity index (χ1v) is 8.96. The van der Waals surface area contributed by atoms with Gasteiger partial charge in [-0.1, -0.05) is 73.9 Å². The molecule has 2 aromatic rings. The Morgan fingerprint density at radius 1 is 1.00 bits per heavy atom. The highest BCUT2D eigenvalue weighted by molar-refractivity contribution is 5.83. The molecule has 0 spiro atoms. The fourth-order valence-corrected chi connectivity index (χ4v) is 3.80. The van der Waals surface area contributed by atoms with E-state index in [1.165, 1.54) is 12.0 Å². The van der Waals surface area contributed by atoms with Crippen LogP contribution in [0.5, 0.6) is 0 Å². The van der Waals surface area contributed by atoms with Gasteiger partial charge in [0.1, 0.15) is 5.78 Å². The zero-order chi connectivity index (χ0) is 17.0. The van der Waals surface area contributed by atoms with Crippen LogP contribution in [0.2, 0.25) is 0 Å². The van der Waals surface area contributed by atoms with Gasteiger partial charge in [-0.2, -0.15) is 0 Å². The molecule has 1 aliphatic carbocycles. The normalized spacial score (nSPS) is 18.1. The van der Waals surface area contributed by atoms with Crippen LogP contribution in [0.1, 0.15) is 61.6 Å². The summed E-state index contributed by atoms with van der Waals surface area (Å²) in [6.07, 6.45) is 5.79. The van der Waals surface area contributed by atoms with E-state index in [1.807, 2.05) is 42.5 Å². The molecule has 0 saturated heterocycles. The van der Waals surface area contributed by atoms with Gasteiger partial charge in [0.15, 0.2) is 0 Å². The van der Waals surface area contributed by atoms with Gasteiger partial charge in [0, 0.05) is 5.92 Å². The maximum absolute atomic E-state index is 12.1. The lowest BCUT2D eigenvalue weighted by Crippen LogP contribution is -2.28. The van der Waals surface area contributed by atoms with Gasteiger partial charge in [-0.3, -0.25) is 4.79 Å². The summed E-state index contributed by atoms with van der Waals surface area (Å²) in [4.78, 5) is 12.1. The first-order chi connectivity index (χ1) is 11.6. The molecule has 0 amide bonds. The van der Waals surface area contributed by atoms with Gasteiger partial charge < -0.3 is 5.11 Å². The van der Waals surface area contributed by atoms with E-state index in [-0.39, 0.29) is 11.7 Å². The minimum Gasteiger partial charge on any atom is -0.385 e. The Morgan fingerprint density at radius 3 is 2.21 bits per heavy atom. The molecule has 0 aromatic heterocycles. The van der Waals surface area contributed by atoms with Crippen LogP contribution in [0.25, 0.3) is 0 Å². The molecular formula is C22H26O2. The summed E-state index contributed by atoms with van der Waals surface area (Å²) in [5.74, 6) is 0.0606. The van der Waals surface area contributed by atoms with Gasteiger partial charge in [-0.25, -0.2) is 0 Å². The summed E-state index contributed by atoms with van der Waals surface area (Å²) in [6.45, 7) is 1.66. The smallest absolute Gasteiger partial charge is 0.137 e. The zero-order valence-corrected chi connectivity index (χ0v) is 14.4. The van der Waals surface area contributed by atoms with Crippen molar-refractivity contribution in [2.24, 2.45) is 0 Å². The van der Waals surface area contributed by atoms with Crippen molar-refractivity contribution in [2.75, 3.05) is 0 Å². The molecule has 2 nitrogen and oxygen atoms in total. The van der Waals surface area contributed by atoms with Gasteiger partial charge in [0.2, 0.25) is 0 Å². The maximum Gasteiger partial charge on any atom is 0.137 e. The second-order valence-electron chi connectivity index (χ2n) is 7.07. The number of hydrogen-bond donors (Lipinski definition) is 1. The molecule has 1 fully saturated rings. The van der Waals surface area contributed by atoms with E-state index in [2.05, 4.69) is 12.1 Å². The lowest BCUT2D eigenvalue weighted by atomic mass is 9.79. The minimum absolute atomic E-state index is 0.123. The monoisotopic (exact) mass is 322 g/mol. The zero-order valence-electron chi connectivity index (χ0n) is 14.4. The Labute approximate surface area is 144 Å². The van der Waals surface area contributed by atoms with Gasteiger partial charge in [-0.15, -0.1) is 0 Å². The maximum atomic E-state index is 12.1. The third-order valence-corrected chi connectivity index (χ3v) is 5.30. The second-order valence-corrected chi connectivity index (χ2v) is 7.07. The fraction of sp³-hybridized carbons (Fsp3) is 0.409. The average molecular weight is 322 g/mol. The molecular weight excluding hydrogens is 296 g/mol. The first-order valence-electron chi connectivity index (χ1n) is 8.96. The Balaban J connectivity index is 1.80. The molecule has 1 saturated carbocycles. The van der Waals surface area contributed by atoms with Gasteiger partial charge in [-0.05, 0) is 42.9 Å². The van der Waals surface area contributed by atoms with Crippen molar-refractivity contribution in [3.8, 4) is 0 Å². The molecule has 0 radical (unpaired) electrons. The first kappa shape index (κ1) is 16.9. The Hall–Kier alpha value is -1.93. The second kappa shape index (κ2) is 7.31. The number of ketones is 1. The van der Waals surface area contributed by atoms with Crippen molar-refractivity contribution in [3.05, 3.63) is 71.3 Å². The highest BCUT2D eigenvalue weighted by Crippen LogP contribution is 2.37. The van der Waals surface area contributed by atoms with E-state index < -0.39 is 5.60 Å². The van der Waals surface area contributed by atoms with Crippen molar-refractivity contribution in [3.63, 3.8) is 0 Å². The number of benzene rings is 2. The van der Waals surface area contributed by atoms with Crippen LogP contribution >= 0.6 is 0 Å². The Bertz CT molecular complexity index is 667. The van der Waals surface area contributed by atoms with Crippen LogP contribution in [-0.4, -0.2) is 10.9 Å². The highest BCUT2D eigenvalue weighted by Gasteiger charge is 2.31. The molecule has 0 heterocycles. The Morgan fingerprint density at radius 2 is 1.62 bits per heavy atom. The lowest BCUT2D eigenvalue weighted by molar-refractivity contribution is -0.118. The number of hydrogen-bond acceptors (Lipinski definition) is 2. The van der Waals surface area contributed by atoms with E-state index in [0.717, 1.165) is 43.2 Å². The average Bonchev–Trinajstić information content (AvgIpc) is 2.61. The highest BCUT2D eigenvalue weighted by atomic mass is 16.3. The molecule has 0 bridgehead atoms. The van der Waals surface area contributed by atoms with Gasteiger partial charge in [0.25, 0.3) is 0 Å². The van der Waals surface area contributed by atoms with Gasteiger partial charge >= 0.3 is 0 Å². The molecule has 2 aromatic carbocycles. The molecule has 1 unspecified atom stereocenters. The molecule has 1 N–H and O–H groups in total. The van der Waals surface area contributed by atoms with E-state index in [4.69, 9.17) is 0 Å². The Kier molecular flexibility index (Phi) is 5.15. The molecule has 1 atom stereocenters. The van der Waals surface area contributed by atoms with Crippen molar-refractivity contribution in [2.45, 2.75) is 57.0 Å². The molecule has 1 aliphatic rings. The molecule has 0 aliphatic heterocycles. The summed E-state index contributed by atoms with van der Waals surface area (Å²) < 4.78 is 0. The van der Waals surface area contributed by atoms with Crippen molar-refractivity contribution in [1.29, 1.82) is 0 Å². The predicted molar refractivity (Wildman–Crippen MR) is 97.0 cm³/mol. The standard InChI is InChI=1S/C22H26O2/c1-17(23)21(16-18-8-4-2-5-9-18)19-10-12-20(13-11-19)22(24)14-6-3-7-15-22/h2,4-5,8-13,21,24H,3,6-7,14-16H2,1H3. The molecule has 126 valence electrons. The summed E-state index contributed by atoms with van der Waals surface area (Å²) in [5.41, 5.74) is 2.53. The van der Waals surface area contributed by atoms with Crippen LogP contribution in [-0.2, 0) is 16.8 Å². The summed E-state index contributed by atoms with van der Waals surface area (Å²) >= 11 is 0. The predicted octanol–water partition coefficient (Wildman–Crippen LogP) is 4.75. The third kappa shape index (κ3) is 3.76. The molecule has 3 rings (SSSR count). The topological polar surface area (TPSA) is 37.3 Å². The SMILES string of the molecule is CC(=O)C(Cc1ccccc1)c1ccc(C2(O)CCCCC2)cc1. The summed E-state index contributed by atoms with van der Waals surface area (Å²) in [7, 11) is 0. The van der Waals surface area contributed by atoms with Crippen LogP contribution in [0.3, 0.4) is 0 Å². The number of Topliss-reactive ketones (excluding diaryl/α,β-unsaturated/α-hetero) is 1. The number of rotatable bonds is 5. The minimum atomic E-state index is -0.679. The number of carbonyl (C=O) groups is 1. The summed E-state index contributed by atoms with van der Waals surface area (Å²) in [6, 6.07) is 18.2. The van der Waals surface area contributed by atoms with Crippen LogP contribution in [0.4, 0.5) is 0 Å². The van der Waals surface area contributed by atoms with E-state index in [1.54, 1.807) is 6.92 Å². The molecule has 24 heavy (non-hydrogen) atoms. The van der Waals surface area contributed by atoms with Crippen molar-refractivity contribution in [1.82, 2.24) is 0 Å². The largest absolute Gasteiger partial charge is 0.385 e. The van der Waals surface area contributed by atoms with Gasteiger partial charge in [0.05, 0.1) is 5.60 Å². The van der Waals surface area contributed by atoms with Crippen molar-refractivity contribution >= 4 is 5.78 Å². The third-order valence-electron chi connectivity index (χ3n) is 5.30. The summed E-state index contributed by atoms with van der Waals surface area (Å²) in [5, 5.41) is 10.8. The van der Waals surface area contributed by atoms with Crippen LogP contribution < -0.4 is 0 Å². The quantitative estimate of drug-likeness (QED) is 0.862. The van der Waals surface area contributed by atoms with E-state index in [9.17, 15) is 9.90 Å². The lowest BCUT2D eigenvalue weighted by Gasteiger charge is -2.32. The number of carbonyl (C=O) groups excluding carboxylic acids is 1. The van der Waals surface area contributed by atoms with Crippen LogP contribution in [0.15, 0.2) is 54.6 Å². The van der Waals surface area contributed by atoms with E-state index >= 15 is 0 Å². The van der Waals surface area contributed by atoms with E-state index in [0.29, 0.717) is 0 Å².